The molecule has 0 amide bonds. The molecule has 0 bridgehead atoms. The number of pyridine rings is 1. The molecular weight excluding hydrogens is 275 g/mol. The first-order chi connectivity index (χ1) is 10.2. The van der Waals surface area contributed by atoms with Crippen molar-refractivity contribution in [1.29, 1.82) is 0 Å². The quantitative estimate of drug-likeness (QED) is 0.830. The van der Waals surface area contributed by atoms with Gasteiger partial charge in [-0.15, -0.1) is 0 Å². The fraction of sp³-hybridized carbons (Fsp3) is 0.267. The lowest BCUT2D eigenvalue weighted by molar-refractivity contribution is 0.322. The van der Waals surface area contributed by atoms with E-state index in [2.05, 4.69) is 10.3 Å². The summed E-state index contributed by atoms with van der Waals surface area (Å²) >= 11 is 0. The maximum absolute atomic E-state index is 13.0. The van der Waals surface area contributed by atoms with Crippen LogP contribution >= 0.6 is 0 Å². The zero-order chi connectivity index (χ0) is 15.2. The molecule has 0 spiro atoms. The molecule has 2 aromatic rings. The Morgan fingerprint density at radius 2 is 1.76 bits per heavy atom. The number of rotatable bonds is 6. The second kappa shape index (κ2) is 6.78. The van der Waals surface area contributed by atoms with E-state index in [9.17, 15) is 4.39 Å². The standard InChI is InChI=1S/C15H17FN2O3/c1-19-11-8-7-10(14(20-2)15(11)21-3)9-17-13-6-4-5-12(16)18-13/h4-8H,9H2,1-3H3,(H,17,18). The minimum Gasteiger partial charge on any atom is -0.493 e. The summed E-state index contributed by atoms with van der Waals surface area (Å²) < 4.78 is 29.0. The highest BCUT2D eigenvalue weighted by Crippen LogP contribution is 2.39. The fourth-order valence-corrected chi connectivity index (χ4v) is 1.99. The molecule has 0 fully saturated rings. The Morgan fingerprint density at radius 1 is 1.00 bits per heavy atom. The van der Waals surface area contributed by atoms with Crippen LogP contribution in [0.2, 0.25) is 0 Å². The number of nitrogens with one attached hydrogen (secondary N) is 1. The molecule has 112 valence electrons. The van der Waals surface area contributed by atoms with Gasteiger partial charge in [-0.2, -0.15) is 4.39 Å². The van der Waals surface area contributed by atoms with Crippen molar-refractivity contribution in [3.63, 3.8) is 0 Å². The average Bonchev–Trinajstić information content (AvgIpc) is 2.51. The topological polar surface area (TPSA) is 52.6 Å². The molecule has 0 aliphatic rings. The van der Waals surface area contributed by atoms with Gasteiger partial charge in [0.05, 0.1) is 21.3 Å². The molecule has 0 saturated carbocycles. The summed E-state index contributed by atoms with van der Waals surface area (Å²) in [5.41, 5.74) is 0.848. The maximum Gasteiger partial charge on any atom is 0.214 e. The van der Waals surface area contributed by atoms with Crippen molar-refractivity contribution in [2.45, 2.75) is 6.54 Å². The summed E-state index contributed by atoms with van der Waals surface area (Å²) in [4.78, 5) is 3.75. The Labute approximate surface area is 122 Å². The van der Waals surface area contributed by atoms with E-state index in [1.165, 1.54) is 6.07 Å². The van der Waals surface area contributed by atoms with E-state index >= 15 is 0 Å². The van der Waals surface area contributed by atoms with Gasteiger partial charge in [-0.05, 0) is 24.3 Å². The Morgan fingerprint density at radius 3 is 2.38 bits per heavy atom. The number of benzene rings is 1. The van der Waals surface area contributed by atoms with E-state index < -0.39 is 5.95 Å². The predicted octanol–water partition coefficient (Wildman–Crippen LogP) is 2.86. The summed E-state index contributed by atoms with van der Waals surface area (Å²) in [7, 11) is 4.67. The highest BCUT2D eigenvalue weighted by Gasteiger charge is 2.15. The third kappa shape index (κ3) is 3.34. The van der Waals surface area contributed by atoms with Crippen LogP contribution < -0.4 is 19.5 Å². The summed E-state index contributed by atoms with van der Waals surface area (Å²) in [6.45, 7) is 0.417. The molecule has 0 atom stereocenters. The molecule has 6 heteroatoms. The van der Waals surface area contributed by atoms with Gasteiger partial charge in [-0.3, -0.25) is 0 Å². The van der Waals surface area contributed by atoms with Crippen LogP contribution in [0.25, 0.3) is 0 Å². The molecule has 1 aromatic heterocycles. The molecule has 0 unspecified atom stereocenters. The number of hydrogen-bond donors (Lipinski definition) is 1. The van der Waals surface area contributed by atoms with Gasteiger partial charge in [-0.1, -0.05) is 6.07 Å². The van der Waals surface area contributed by atoms with E-state index in [4.69, 9.17) is 14.2 Å². The van der Waals surface area contributed by atoms with Gasteiger partial charge >= 0.3 is 0 Å². The van der Waals surface area contributed by atoms with Gasteiger partial charge in [0, 0.05) is 12.1 Å². The number of hydrogen-bond acceptors (Lipinski definition) is 5. The SMILES string of the molecule is COc1ccc(CNc2cccc(F)n2)c(OC)c1OC. The minimum absolute atomic E-state index is 0.417. The number of nitrogens with zero attached hydrogens (tertiary/aromatic N) is 1. The van der Waals surface area contributed by atoms with Crippen LogP contribution in [0.4, 0.5) is 10.2 Å². The van der Waals surface area contributed by atoms with Crippen molar-refractivity contribution in [3.8, 4) is 17.2 Å². The van der Waals surface area contributed by atoms with Crippen LogP contribution in [-0.2, 0) is 6.54 Å². The molecule has 0 aliphatic heterocycles. The first-order valence-corrected chi connectivity index (χ1v) is 6.34. The van der Waals surface area contributed by atoms with Crippen molar-refractivity contribution in [2.75, 3.05) is 26.6 Å². The average molecular weight is 292 g/mol. The molecule has 21 heavy (non-hydrogen) atoms. The van der Waals surface area contributed by atoms with Crippen LogP contribution in [0.5, 0.6) is 17.2 Å². The maximum atomic E-state index is 13.0. The van der Waals surface area contributed by atoms with E-state index in [0.717, 1.165) is 5.56 Å². The van der Waals surface area contributed by atoms with Crippen molar-refractivity contribution < 1.29 is 18.6 Å². The van der Waals surface area contributed by atoms with Crippen molar-refractivity contribution >= 4 is 5.82 Å². The van der Waals surface area contributed by atoms with Gasteiger partial charge in [0.25, 0.3) is 0 Å². The van der Waals surface area contributed by atoms with E-state index in [0.29, 0.717) is 29.6 Å². The second-order valence-corrected chi connectivity index (χ2v) is 4.19. The number of methoxy groups -OCH3 is 3. The summed E-state index contributed by atoms with van der Waals surface area (Å²) in [5.74, 6) is 1.60. The zero-order valence-corrected chi connectivity index (χ0v) is 12.1. The Bertz CT molecular complexity index is 620. The van der Waals surface area contributed by atoms with Crippen LogP contribution in [0, 0.1) is 5.95 Å². The summed E-state index contributed by atoms with van der Waals surface area (Å²) in [6.07, 6.45) is 0. The van der Waals surface area contributed by atoms with Gasteiger partial charge < -0.3 is 19.5 Å². The van der Waals surface area contributed by atoms with Crippen molar-refractivity contribution in [1.82, 2.24) is 4.98 Å². The van der Waals surface area contributed by atoms with E-state index in [1.54, 1.807) is 39.5 Å². The van der Waals surface area contributed by atoms with Crippen molar-refractivity contribution in [3.05, 3.63) is 41.8 Å². The molecule has 0 radical (unpaired) electrons. The van der Waals surface area contributed by atoms with E-state index in [-0.39, 0.29) is 0 Å². The van der Waals surface area contributed by atoms with Crippen LogP contribution in [0.3, 0.4) is 0 Å². The molecule has 1 heterocycles. The third-order valence-corrected chi connectivity index (χ3v) is 2.96. The highest BCUT2D eigenvalue weighted by atomic mass is 19.1. The number of aromatic nitrogens is 1. The Hall–Kier alpha value is -2.50. The summed E-state index contributed by atoms with van der Waals surface area (Å²) in [6, 6.07) is 8.22. The molecule has 5 nitrogen and oxygen atoms in total. The zero-order valence-electron chi connectivity index (χ0n) is 12.1. The number of halogens is 1. The third-order valence-electron chi connectivity index (χ3n) is 2.96. The minimum atomic E-state index is -0.528. The molecule has 2 rings (SSSR count). The largest absolute Gasteiger partial charge is 0.493 e. The fourth-order valence-electron chi connectivity index (χ4n) is 1.99. The Kier molecular flexibility index (Phi) is 4.81. The molecule has 1 aromatic carbocycles. The van der Waals surface area contributed by atoms with Crippen LogP contribution in [0.15, 0.2) is 30.3 Å². The smallest absolute Gasteiger partial charge is 0.214 e. The van der Waals surface area contributed by atoms with Crippen LogP contribution in [-0.4, -0.2) is 26.3 Å². The Balaban J connectivity index is 2.23. The lowest BCUT2D eigenvalue weighted by Gasteiger charge is -2.16. The highest BCUT2D eigenvalue weighted by molar-refractivity contribution is 5.56. The van der Waals surface area contributed by atoms with E-state index in [1.807, 2.05) is 6.07 Å². The van der Waals surface area contributed by atoms with Crippen molar-refractivity contribution in [2.24, 2.45) is 0 Å². The lowest BCUT2D eigenvalue weighted by Crippen LogP contribution is -2.05. The molecular formula is C15H17FN2O3. The van der Waals surface area contributed by atoms with Gasteiger partial charge in [0.15, 0.2) is 11.5 Å². The van der Waals surface area contributed by atoms with Crippen LogP contribution in [0.1, 0.15) is 5.56 Å². The normalized spacial score (nSPS) is 10.1. The van der Waals surface area contributed by atoms with Gasteiger partial charge in [-0.25, -0.2) is 4.98 Å². The van der Waals surface area contributed by atoms with Gasteiger partial charge in [0.1, 0.15) is 5.82 Å². The monoisotopic (exact) mass is 292 g/mol. The number of ether oxygens (including phenoxy) is 3. The number of anilines is 1. The molecule has 1 N–H and O–H groups in total. The first kappa shape index (κ1) is 14.9. The lowest BCUT2D eigenvalue weighted by atomic mass is 10.1. The predicted molar refractivity (Wildman–Crippen MR) is 77.6 cm³/mol. The second-order valence-electron chi connectivity index (χ2n) is 4.19. The first-order valence-electron chi connectivity index (χ1n) is 6.34. The molecule has 0 aliphatic carbocycles. The molecule has 0 saturated heterocycles. The van der Waals surface area contributed by atoms with Gasteiger partial charge in [0.2, 0.25) is 11.7 Å². The summed E-state index contributed by atoms with van der Waals surface area (Å²) in [5, 5.41) is 3.04.